The molecule has 5 nitrogen and oxygen atoms in total. The van der Waals surface area contributed by atoms with E-state index in [1.807, 2.05) is 30.3 Å². The Morgan fingerprint density at radius 1 is 1.08 bits per heavy atom. The van der Waals surface area contributed by atoms with Crippen molar-refractivity contribution in [3.8, 4) is 0 Å². The first-order chi connectivity index (χ1) is 12.7. The van der Waals surface area contributed by atoms with Gasteiger partial charge in [-0.1, -0.05) is 37.5 Å². The molecule has 0 spiro atoms. The predicted octanol–water partition coefficient (Wildman–Crippen LogP) is 3.62. The van der Waals surface area contributed by atoms with Crippen molar-refractivity contribution in [2.75, 3.05) is 4.90 Å². The molecule has 4 rings (SSSR count). The summed E-state index contributed by atoms with van der Waals surface area (Å²) in [5.74, 6) is -0.0936. The maximum atomic E-state index is 12.9. The van der Waals surface area contributed by atoms with E-state index in [9.17, 15) is 9.59 Å². The van der Waals surface area contributed by atoms with Crippen LogP contribution in [-0.2, 0) is 4.79 Å². The van der Waals surface area contributed by atoms with Crippen molar-refractivity contribution < 1.29 is 9.59 Å². The molecule has 1 N–H and O–H groups in total. The molecule has 1 aliphatic heterocycles. The molecule has 5 heteroatoms. The minimum atomic E-state index is -0.357. The van der Waals surface area contributed by atoms with Crippen LogP contribution in [0.2, 0.25) is 0 Å². The highest BCUT2D eigenvalue weighted by Crippen LogP contribution is 2.38. The summed E-state index contributed by atoms with van der Waals surface area (Å²) >= 11 is 0. The van der Waals surface area contributed by atoms with Crippen molar-refractivity contribution in [2.45, 2.75) is 50.6 Å². The number of para-hydroxylation sites is 1. The Morgan fingerprint density at radius 2 is 1.85 bits per heavy atom. The van der Waals surface area contributed by atoms with Crippen LogP contribution in [-0.4, -0.2) is 22.8 Å². The first-order valence-electron chi connectivity index (χ1n) is 9.37. The number of fused-ring (bicyclic) bond motifs is 1. The van der Waals surface area contributed by atoms with Gasteiger partial charge in [0.05, 0.1) is 23.7 Å². The van der Waals surface area contributed by atoms with E-state index in [0.717, 1.165) is 18.5 Å². The van der Waals surface area contributed by atoms with Crippen LogP contribution in [0.15, 0.2) is 48.7 Å². The molecule has 1 saturated carbocycles. The number of amides is 2. The number of rotatable bonds is 4. The molecule has 134 valence electrons. The van der Waals surface area contributed by atoms with Crippen LogP contribution < -0.4 is 10.2 Å². The zero-order valence-corrected chi connectivity index (χ0v) is 14.7. The second kappa shape index (κ2) is 7.28. The molecule has 1 aliphatic carbocycles. The van der Waals surface area contributed by atoms with Gasteiger partial charge in [-0.15, -0.1) is 0 Å². The quantitative estimate of drug-likeness (QED) is 0.917. The fourth-order valence-corrected chi connectivity index (χ4v) is 4.04. The van der Waals surface area contributed by atoms with Gasteiger partial charge in [0.15, 0.2) is 0 Å². The van der Waals surface area contributed by atoms with Gasteiger partial charge >= 0.3 is 0 Å². The second-order valence-corrected chi connectivity index (χ2v) is 7.07. The minimum absolute atomic E-state index is 0.00543. The molecule has 26 heavy (non-hydrogen) atoms. The molecule has 1 fully saturated rings. The molecule has 0 bridgehead atoms. The van der Waals surface area contributed by atoms with Crippen LogP contribution >= 0.6 is 0 Å². The summed E-state index contributed by atoms with van der Waals surface area (Å²) in [6.07, 6.45) is 7.62. The molecule has 2 aliphatic rings. The predicted molar refractivity (Wildman–Crippen MR) is 99.9 cm³/mol. The largest absolute Gasteiger partial charge is 0.353 e. The molecule has 2 heterocycles. The summed E-state index contributed by atoms with van der Waals surface area (Å²) in [7, 11) is 0. The number of hydrogen-bond acceptors (Lipinski definition) is 3. The maximum absolute atomic E-state index is 12.9. The van der Waals surface area contributed by atoms with Gasteiger partial charge < -0.3 is 5.32 Å². The van der Waals surface area contributed by atoms with Crippen molar-refractivity contribution in [3.63, 3.8) is 0 Å². The average Bonchev–Trinajstić information content (AvgIpc) is 2.95. The standard InChI is InChI=1S/C21H23N3O2/c25-19(23-15-8-3-1-4-9-15)14-18-20-17(12-7-13-22-20)21(26)24(18)16-10-5-2-6-11-16/h2,5-7,10-13,15,18H,1,3-4,8-9,14H2,(H,23,25). The lowest BCUT2D eigenvalue weighted by molar-refractivity contribution is -0.122. The second-order valence-electron chi connectivity index (χ2n) is 7.07. The number of pyridine rings is 1. The third kappa shape index (κ3) is 3.21. The first-order valence-corrected chi connectivity index (χ1v) is 9.37. The summed E-state index contributed by atoms with van der Waals surface area (Å²) in [5, 5.41) is 3.16. The Hall–Kier alpha value is -2.69. The summed E-state index contributed by atoms with van der Waals surface area (Å²) in [5.41, 5.74) is 2.08. The molecule has 2 aromatic rings. The highest BCUT2D eigenvalue weighted by molar-refractivity contribution is 6.11. The Labute approximate surface area is 153 Å². The Bertz CT molecular complexity index is 800. The van der Waals surface area contributed by atoms with E-state index in [-0.39, 0.29) is 30.3 Å². The van der Waals surface area contributed by atoms with Gasteiger partial charge in [0.25, 0.3) is 5.91 Å². The van der Waals surface area contributed by atoms with E-state index in [0.29, 0.717) is 11.3 Å². The zero-order chi connectivity index (χ0) is 17.9. The number of benzene rings is 1. The van der Waals surface area contributed by atoms with Crippen molar-refractivity contribution in [1.29, 1.82) is 0 Å². The minimum Gasteiger partial charge on any atom is -0.353 e. The SMILES string of the molecule is O=C(CC1c2ncccc2C(=O)N1c1ccccc1)NC1CCCCC1. The Balaban J connectivity index is 1.58. The molecule has 1 unspecified atom stereocenters. The van der Waals surface area contributed by atoms with Gasteiger partial charge in [0.1, 0.15) is 0 Å². The summed E-state index contributed by atoms with van der Waals surface area (Å²) in [4.78, 5) is 31.7. The molecule has 2 amide bonds. The third-order valence-electron chi connectivity index (χ3n) is 5.30. The van der Waals surface area contributed by atoms with Gasteiger partial charge in [-0.05, 0) is 37.1 Å². The zero-order valence-electron chi connectivity index (χ0n) is 14.7. The van der Waals surface area contributed by atoms with E-state index in [1.165, 1.54) is 19.3 Å². The van der Waals surface area contributed by atoms with Crippen LogP contribution in [0, 0.1) is 0 Å². The average molecular weight is 349 g/mol. The van der Waals surface area contributed by atoms with Crippen molar-refractivity contribution in [1.82, 2.24) is 10.3 Å². The van der Waals surface area contributed by atoms with Gasteiger partial charge in [0.2, 0.25) is 5.91 Å². The lowest BCUT2D eigenvalue weighted by atomic mass is 9.95. The number of hydrogen-bond donors (Lipinski definition) is 1. The third-order valence-corrected chi connectivity index (χ3v) is 5.30. The number of carbonyl (C=O) groups excluding carboxylic acids is 2. The Morgan fingerprint density at radius 3 is 2.62 bits per heavy atom. The van der Waals surface area contributed by atoms with E-state index >= 15 is 0 Å². The summed E-state index contributed by atoms with van der Waals surface area (Å²) in [6.45, 7) is 0. The lowest BCUT2D eigenvalue weighted by Gasteiger charge is -2.27. The Kier molecular flexibility index (Phi) is 4.69. The summed E-state index contributed by atoms with van der Waals surface area (Å²) < 4.78 is 0. The normalized spacial score (nSPS) is 20.1. The monoisotopic (exact) mass is 349 g/mol. The van der Waals surface area contributed by atoms with Gasteiger partial charge in [0, 0.05) is 17.9 Å². The first kappa shape index (κ1) is 16.8. The molecular weight excluding hydrogens is 326 g/mol. The number of aromatic nitrogens is 1. The van der Waals surface area contributed by atoms with Crippen molar-refractivity contribution in [3.05, 3.63) is 59.9 Å². The van der Waals surface area contributed by atoms with Crippen LogP contribution in [0.5, 0.6) is 0 Å². The van der Waals surface area contributed by atoms with Crippen LogP contribution in [0.4, 0.5) is 5.69 Å². The maximum Gasteiger partial charge on any atom is 0.260 e. The molecule has 1 atom stereocenters. The van der Waals surface area contributed by atoms with E-state index in [1.54, 1.807) is 23.2 Å². The van der Waals surface area contributed by atoms with E-state index in [4.69, 9.17) is 0 Å². The number of nitrogens with one attached hydrogen (secondary N) is 1. The van der Waals surface area contributed by atoms with Gasteiger partial charge in [-0.2, -0.15) is 0 Å². The van der Waals surface area contributed by atoms with E-state index in [2.05, 4.69) is 10.3 Å². The smallest absolute Gasteiger partial charge is 0.260 e. The molecule has 1 aromatic heterocycles. The topological polar surface area (TPSA) is 62.3 Å². The number of carbonyl (C=O) groups is 2. The number of nitrogens with zero attached hydrogens (tertiary/aromatic N) is 2. The fourth-order valence-electron chi connectivity index (χ4n) is 4.04. The molecular formula is C21H23N3O2. The van der Waals surface area contributed by atoms with Gasteiger partial charge in [-0.3, -0.25) is 19.5 Å². The van der Waals surface area contributed by atoms with Crippen LogP contribution in [0.25, 0.3) is 0 Å². The van der Waals surface area contributed by atoms with Gasteiger partial charge in [-0.25, -0.2) is 0 Å². The summed E-state index contributed by atoms with van der Waals surface area (Å²) in [6, 6.07) is 13.0. The molecule has 0 radical (unpaired) electrons. The van der Waals surface area contributed by atoms with E-state index < -0.39 is 0 Å². The highest BCUT2D eigenvalue weighted by atomic mass is 16.2. The molecule has 1 aromatic carbocycles. The van der Waals surface area contributed by atoms with Crippen LogP contribution in [0.3, 0.4) is 0 Å². The fraction of sp³-hybridized carbons (Fsp3) is 0.381. The van der Waals surface area contributed by atoms with Crippen LogP contribution in [0.1, 0.15) is 60.6 Å². The van der Waals surface area contributed by atoms with Crippen molar-refractivity contribution in [2.24, 2.45) is 0 Å². The lowest BCUT2D eigenvalue weighted by Crippen LogP contribution is -2.39. The highest BCUT2D eigenvalue weighted by Gasteiger charge is 2.40. The number of anilines is 1. The molecule has 0 saturated heterocycles. The van der Waals surface area contributed by atoms with Crippen molar-refractivity contribution >= 4 is 17.5 Å².